The molecule has 0 spiro atoms. The van der Waals surface area contributed by atoms with Crippen molar-refractivity contribution in [3.8, 4) is 6.07 Å². The molecule has 36 heavy (non-hydrogen) atoms. The quantitative estimate of drug-likeness (QED) is 0.401. The molecule has 0 fully saturated rings. The average Bonchev–Trinajstić information content (AvgIpc) is 3.36. The molecule has 0 aromatic carbocycles. The van der Waals surface area contributed by atoms with E-state index >= 15 is 0 Å². The Kier molecular flexibility index (Phi) is 9.04. The third kappa shape index (κ3) is 6.59. The van der Waals surface area contributed by atoms with E-state index in [0.29, 0.717) is 17.7 Å². The van der Waals surface area contributed by atoms with Gasteiger partial charge in [-0.3, -0.25) is 4.79 Å². The lowest BCUT2D eigenvalue weighted by molar-refractivity contribution is -0.0274. The fraction of sp³-hybridized carbons (Fsp3) is 0.571. The molecule has 8 heteroatoms. The second-order valence-corrected chi connectivity index (χ2v) is 10.4. The Morgan fingerprint density at radius 3 is 2.61 bits per heavy atom. The van der Waals surface area contributed by atoms with Crippen molar-refractivity contribution in [3.05, 3.63) is 47.3 Å². The summed E-state index contributed by atoms with van der Waals surface area (Å²) in [4.78, 5) is 26.9. The van der Waals surface area contributed by atoms with Crippen LogP contribution in [0, 0.1) is 16.7 Å². The number of anilines is 1. The zero-order chi connectivity index (χ0) is 26.3. The highest BCUT2D eigenvalue weighted by atomic mass is 16.5. The number of amides is 1. The second kappa shape index (κ2) is 11.8. The van der Waals surface area contributed by atoms with Crippen LogP contribution in [0.4, 0.5) is 5.69 Å². The predicted octanol–water partition coefficient (Wildman–Crippen LogP) is 5.51. The van der Waals surface area contributed by atoms with Gasteiger partial charge in [-0.25, -0.2) is 9.97 Å². The van der Waals surface area contributed by atoms with Gasteiger partial charge in [-0.1, -0.05) is 32.8 Å². The zero-order valence-corrected chi connectivity index (χ0v) is 22.6. The maximum absolute atomic E-state index is 12.9. The minimum absolute atomic E-state index is 0.0970. The first kappa shape index (κ1) is 27.6. The maximum Gasteiger partial charge on any atom is 0.291 e. The number of H-pyrrole nitrogens is 1. The number of nitrogens with one attached hydrogen (secondary N) is 2. The van der Waals surface area contributed by atoms with Crippen molar-refractivity contribution >= 4 is 17.2 Å². The number of hydrogen-bond donors (Lipinski definition) is 2. The van der Waals surface area contributed by atoms with Crippen LogP contribution in [0.2, 0.25) is 0 Å². The number of pyridine rings is 1. The van der Waals surface area contributed by atoms with Gasteiger partial charge >= 0.3 is 0 Å². The molecule has 2 heterocycles. The van der Waals surface area contributed by atoms with Crippen molar-refractivity contribution in [2.75, 3.05) is 32.6 Å². The fourth-order valence-electron chi connectivity index (χ4n) is 4.65. The molecule has 0 aliphatic heterocycles. The number of imidazole rings is 1. The van der Waals surface area contributed by atoms with Crippen LogP contribution in [0.25, 0.3) is 5.57 Å². The van der Waals surface area contributed by atoms with Crippen LogP contribution in [0.5, 0.6) is 0 Å². The van der Waals surface area contributed by atoms with Crippen molar-refractivity contribution < 1.29 is 9.53 Å². The third-order valence-electron chi connectivity index (χ3n) is 7.39. The molecular formula is C28H40N6O2. The average molecular weight is 493 g/mol. The number of rotatable bonds is 11. The van der Waals surface area contributed by atoms with Crippen LogP contribution in [0.3, 0.4) is 0 Å². The van der Waals surface area contributed by atoms with Gasteiger partial charge < -0.3 is 19.9 Å². The number of carbonyl (C=O) groups is 1. The number of allylic oxidation sites excluding steroid dienone is 2. The molecule has 0 saturated heterocycles. The lowest BCUT2D eigenvalue weighted by atomic mass is 9.71. The van der Waals surface area contributed by atoms with Crippen LogP contribution in [-0.4, -0.2) is 53.0 Å². The van der Waals surface area contributed by atoms with E-state index in [9.17, 15) is 4.79 Å². The summed E-state index contributed by atoms with van der Waals surface area (Å²) in [6, 6.07) is 5.75. The summed E-state index contributed by atoms with van der Waals surface area (Å²) in [6.45, 7) is 10.2. The third-order valence-corrected chi connectivity index (χ3v) is 7.39. The van der Waals surface area contributed by atoms with E-state index in [1.165, 1.54) is 6.20 Å². The first-order chi connectivity index (χ1) is 17.1. The molecule has 1 amide bonds. The molecular weight excluding hydrogens is 452 g/mol. The number of nitrogens with zero attached hydrogens (tertiary/aromatic N) is 4. The summed E-state index contributed by atoms with van der Waals surface area (Å²) in [5.74, 6) is -0.306. The van der Waals surface area contributed by atoms with Gasteiger partial charge in [0.2, 0.25) is 0 Å². The van der Waals surface area contributed by atoms with Gasteiger partial charge in [0.05, 0.1) is 17.1 Å². The number of aromatic nitrogens is 3. The second-order valence-electron chi connectivity index (χ2n) is 10.4. The molecule has 0 unspecified atom stereocenters. The maximum atomic E-state index is 12.9. The molecule has 1 aliphatic rings. The lowest BCUT2D eigenvalue weighted by Crippen LogP contribution is -2.26. The molecule has 0 radical (unpaired) electrons. The van der Waals surface area contributed by atoms with Gasteiger partial charge in [0.15, 0.2) is 11.5 Å². The Morgan fingerprint density at radius 1 is 1.28 bits per heavy atom. The highest BCUT2D eigenvalue weighted by Crippen LogP contribution is 2.44. The van der Waals surface area contributed by atoms with Gasteiger partial charge in [-0.05, 0) is 83.3 Å². The molecule has 0 atom stereocenters. The minimum atomic E-state index is -0.571. The molecule has 0 bridgehead atoms. The van der Waals surface area contributed by atoms with Gasteiger partial charge in [-0.2, -0.15) is 5.26 Å². The molecule has 2 aromatic heterocycles. The van der Waals surface area contributed by atoms with Crippen LogP contribution < -0.4 is 5.32 Å². The van der Waals surface area contributed by atoms with E-state index in [2.05, 4.69) is 54.2 Å². The van der Waals surface area contributed by atoms with Crippen LogP contribution in [0.15, 0.2) is 24.4 Å². The molecule has 1 aliphatic carbocycles. The molecule has 8 nitrogen and oxygen atoms in total. The molecule has 0 saturated carbocycles. The van der Waals surface area contributed by atoms with Crippen molar-refractivity contribution in [3.63, 3.8) is 0 Å². The topological polar surface area (TPSA) is 107 Å². The van der Waals surface area contributed by atoms with Gasteiger partial charge in [0.25, 0.3) is 5.91 Å². The van der Waals surface area contributed by atoms with E-state index < -0.39 is 11.5 Å². The largest absolute Gasteiger partial charge is 0.369 e. The Hall–Kier alpha value is -3.02. The van der Waals surface area contributed by atoms with Gasteiger partial charge in [0.1, 0.15) is 11.7 Å². The standard InChI is InChI=1S/C28H40N6O2/c1-7-28(8-2)14-12-20(13-15-28)24-22(32-26(35)25-30-19-21(18-29)31-25)10-11-23(33-24)27(3,4)36-17-9-16-34(5)6/h10-12,19H,7-9,13-17H2,1-6H3,(H,30,31)(H,32,35). The first-order valence-corrected chi connectivity index (χ1v) is 12.9. The monoisotopic (exact) mass is 492 g/mol. The summed E-state index contributed by atoms with van der Waals surface area (Å²) < 4.78 is 6.24. The normalized spacial score (nSPS) is 15.4. The first-order valence-electron chi connectivity index (χ1n) is 12.9. The van der Waals surface area contributed by atoms with Crippen LogP contribution in [0.1, 0.15) is 93.9 Å². The number of carbonyl (C=O) groups excluding carboxylic acids is 1. The molecule has 3 rings (SSSR count). The summed E-state index contributed by atoms with van der Waals surface area (Å²) in [6.07, 6.45) is 9.96. The number of hydrogen-bond acceptors (Lipinski definition) is 6. The Labute approximate surface area is 215 Å². The van der Waals surface area contributed by atoms with Crippen molar-refractivity contribution in [2.45, 2.75) is 71.8 Å². The summed E-state index contributed by atoms with van der Waals surface area (Å²) in [7, 11) is 4.11. The van der Waals surface area contributed by atoms with E-state index in [1.54, 1.807) is 0 Å². The Morgan fingerprint density at radius 2 is 2.03 bits per heavy atom. The SMILES string of the molecule is CCC1(CC)CC=C(c2nc(C(C)(C)OCCCN(C)C)ccc2NC(=O)c2nc(C#N)c[nH]2)CC1. The Bertz CT molecular complexity index is 1120. The summed E-state index contributed by atoms with van der Waals surface area (Å²) in [5.41, 5.74) is 3.32. The smallest absolute Gasteiger partial charge is 0.291 e. The van der Waals surface area contributed by atoms with Crippen molar-refractivity contribution in [1.29, 1.82) is 5.26 Å². The predicted molar refractivity (Wildman–Crippen MR) is 142 cm³/mol. The molecule has 194 valence electrons. The van der Waals surface area contributed by atoms with E-state index in [1.807, 2.05) is 32.0 Å². The summed E-state index contributed by atoms with van der Waals surface area (Å²) in [5, 5.41) is 12.0. The molecule has 2 N–H and O–H groups in total. The van der Waals surface area contributed by atoms with E-state index in [-0.39, 0.29) is 11.5 Å². The number of ether oxygens (including phenoxy) is 1. The van der Waals surface area contributed by atoms with Crippen LogP contribution >= 0.6 is 0 Å². The van der Waals surface area contributed by atoms with Crippen molar-refractivity contribution in [2.24, 2.45) is 5.41 Å². The summed E-state index contributed by atoms with van der Waals surface area (Å²) >= 11 is 0. The highest BCUT2D eigenvalue weighted by Gasteiger charge is 2.31. The van der Waals surface area contributed by atoms with Gasteiger partial charge in [-0.15, -0.1) is 0 Å². The number of aromatic amines is 1. The highest BCUT2D eigenvalue weighted by molar-refractivity contribution is 6.03. The van der Waals surface area contributed by atoms with E-state index in [4.69, 9.17) is 15.0 Å². The minimum Gasteiger partial charge on any atom is -0.369 e. The molecule has 2 aromatic rings. The Balaban J connectivity index is 1.91. The zero-order valence-electron chi connectivity index (χ0n) is 22.6. The van der Waals surface area contributed by atoms with E-state index in [0.717, 1.165) is 62.0 Å². The number of nitriles is 1. The van der Waals surface area contributed by atoms with Crippen LogP contribution in [-0.2, 0) is 10.3 Å². The lowest BCUT2D eigenvalue weighted by Gasteiger charge is -2.35. The van der Waals surface area contributed by atoms with Crippen molar-refractivity contribution in [1.82, 2.24) is 19.9 Å². The fourth-order valence-corrected chi connectivity index (χ4v) is 4.65. The van der Waals surface area contributed by atoms with Gasteiger partial charge in [0, 0.05) is 12.8 Å².